The van der Waals surface area contributed by atoms with E-state index in [0.29, 0.717) is 5.69 Å². The van der Waals surface area contributed by atoms with Crippen LogP contribution in [0.1, 0.15) is 5.69 Å². The molecule has 1 aromatic carbocycles. The van der Waals surface area contributed by atoms with Gasteiger partial charge in [-0.1, -0.05) is 6.07 Å². The number of aromatic nitrogens is 2. The Bertz CT molecular complexity index is 681. The number of nitrogens with zero attached hydrogens (tertiary/aromatic N) is 1. The molecule has 0 spiro atoms. The standard InChI is InChI=1S/C10H11FN4O2S/c1-6-9(12)10(14-13-6)15-18(16,17)8-4-2-3-7(11)5-8/h2-5H,12H2,1H3,(H2,13,14,15). The summed E-state index contributed by atoms with van der Waals surface area (Å²) < 4.78 is 39.0. The van der Waals surface area contributed by atoms with E-state index >= 15 is 0 Å². The van der Waals surface area contributed by atoms with Crippen molar-refractivity contribution in [3.05, 3.63) is 35.8 Å². The van der Waals surface area contributed by atoms with E-state index in [1.54, 1.807) is 6.92 Å². The van der Waals surface area contributed by atoms with Crippen molar-refractivity contribution in [2.24, 2.45) is 0 Å². The molecule has 0 saturated carbocycles. The van der Waals surface area contributed by atoms with E-state index in [9.17, 15) is 12.8 Å². The van der Waals surface area contributed by atoms with Crippen LogP contribution in [0.25, 0.3) is 0 Å². The van der Waals surface area contributed by atoms with Gasteiger partial charge in [-0.3, -0.25) is 9.82 Å². The smallest absolute Gasteiger partial charge is 0.263 e. The summed E-state index contributed by atoms with van der Waals surface area (Å²) >= 11 is 0. The van der Waals surface area contributed by atoms with Crippen molar-refractivity contribution in [2.75, 3.05) is 10.5 Å². The first kappa shape index (κ1) is 12.4. The van der Waals surface area contributed by atoms with Gasteiger partial charge in [0.05, 0.1) is 16.3 Å². The molecule has 0 radical (unpaired) electrons. The Morgan fingerprint density at radius 1 is 1.44 bits per heavy atom. The molecular formula is C10H11FN4O2S. The summed E-state index contributed by atoms with van der Waals surface area (Å²) in [5.41, 5.74) is 6.37. The molecule has 0 unspecified atom stereocenters. The zero-order valence-electron chi connectivity index (χ0n) is 9.44. The van der Waals surface area contributed by atoms with Crippen LogP contribution in [0, 0.1) is 12.7 Å². The van der Waals surface area contributed by atoms with Gasteiger partial charge in [-0.2, -0.15) is 5.10 Å². The molecular weight excluding hydrogens is 259 g/mol. The Kier molecular flexibility index (Phi) is 2.95. The minimum atomic E-state index is -3.90. The minimum absolute atomic E-state index is 0.00300. The Morgan fingerprint density at radius 3 is 2.72 bits per heavy atom. The van der Waals surface area contributed by atoms with Crippen LogP contribution >= 0.6 is 0 Å². The molecule has 6 nitrogen and oxygen atoms in total. The van der Waals surface area contributed by atoms with Crippen LogP contribution in [0.4, 0.5) is 15.9 Å². The third-order valence-electron chi connectivity index (χ3n) is 2.33. The lowest BCUT2D eigenvalue weighted by molar-refractivity contribution is 0.595. The van der Waals surface area contributed by atoms with Crippen molar-refractivity contribution in [2.45, 2.75) is 11.8 Å². The van der Waals surface area contributed by atoms with Crippen molar-refractivity contribution in [1.82, 2.24) is 10.2 Å². The molecule has 4 N–H and O–H groups in total. The van der Waals surface area contributed by atoms with E-state index in [1.807, 2.05) is 0 Å². The SMILES string of the molecule is Cc1[nH]nc(NS(=O)(=O)c2cccc(F)c2)c1N. The maximum Gasteiger partial charge on any atom is 0.263 e. The van der Waals surface area contributed by atoms with Crippen molar-refractivity contribution < 1.29 is 12.8 Å². The summed E-state index contributed by atoms with van der Waals surface area (Å²) in [5, 5.41) is 6.26. The average Bonchev–Trinajstić information content (AvgIpc) is 2.61. The number of hydrogen-bond donors (Lipinski definition) is 3. The Morgan fingerprint density at radius 2 is 2.17 bits per heavy atom. The fourth-order valence-corrected chi connectivity index (χ4v) is 2.39. The Hall–Kier alpha value is -2.09. The Labute approximate surface area is 103 Å². The zero-order valence-corrected chi connectivity index (χ0v) is 10.3. The zero-order chi connectivity index (χ0) is 13.3. The average molecular weight is 270 g/mol. The van der Waals surface area contributed by atoms with Gasteiger partial charge in [0.15, 0.2) is 5.82 Å². The van der Waals surface area contributed by atoms with E-state index in [0.717, 1.165) is 12.1 Å². The number of sulfonamides is 1. The number of nitrogens with two attached hydrogens (primary N) is 1. The highest BCUT2D eigenvalue weighted by Crippen LogP contribution is 2.22. The molecule has 2 rings (SSSR count). The first-order valence-corrected chi connectivity index (χ1v) is 6.47. The van der Waals surface area contributed by atoms with Crippen LogP contribution in [-0.2, 0) is 10.0 Å². The normalized spacial score (nSPS) is 11.4. The molecule has 0 aliphatic rings. The molecule has 18 heavy (non-hydrogen) atoms. The van der Waals surface area contributed by atoms with Crippen LogP contribution in [-0.4, -0.2) is 18.6 Å². The van der Waals surface area contributed by atoms with Crippen LogP contribution in [0.3, 0.4) is 0 Å². The van der Waals surface area contributed by atoms with Crippen LogP contribution in [0.5, 0.6) is 0 Å². The molecule has 0 saturated heterocycles. The van der Waals surface area contributed by atoms with Gasteiger partial charge < -0.3 is 5.73 Å². The molecule has 1 heterocycles. The second kappa shape index (κ2) is 4.30. The Balaban J connectivity index is 2.36. The molecule has 0 aliphatic heterocycles. The topological polar surface area (TPSA) is 101 Å². The number of nitrogens with one attached hydrogen (secondary N) is 2. The summed E-state index contributed by atoms with van der Waals surface area (Å²) in [4.78, 5) is -0.192. The summed E-state index contributed by atoms with van der Waals surface area (Å²) in [7, 11) is -3.90. The number of H-pyrrole nitrogens is 1. The summed E-state index contributed by atoms with van der Waals surface area (Å²) in [5.74, 6) is -0.638. The summed E-state index contributed by atoms with van der Waals surface area (Å²) in [6, 6.07) is 4.66. The molecule has 0 bridgehead atoms. The van der Waals surface area contributed by atoms with Gasteiger partial charge in [-0.25, -0.2) is 12.8 Å². The van der Waals surface area contributed by atoms with Gasteiger partial charge in [-0.15, -0.1) is 0 Å². The van der Waals surface area contributed by atoms with E-state index in [-0.39, 0.29) is 16.4 Å². The molecule has 1 aromatic heterocycles. The highest BCUT2D eigenvalue weighted by Gasteiger charge is 2.18. The largest absolute Gasteiger partial charge is 0.394 e. The first-order chi connectivity index (χ1) is 8.40. The lowest BCUT2D eigenvalue weighted by Gasteiger charge is -2.06. The highest BCUT2D eigenvalue weighted by molar-refractivity contribution is 7.92. The number of aromatic amines is 1. The van der Waals surface area contributed by atoms with Crippen molar-refractivity contribution in [3.8, 4) is 0 Å². The first-order valence-electron chi connectivity index (χ1n) is 4.99. The molecule has 96 valence electrons. The second-order valence-electron chi connectivity index (χ2n) is 3.67. The van der Waals surface area contributed by atoms with Crippen molar-refractivity contribution in [1.29, 1.82) is 0 Å². The van der Waals surface area contributed by atoms with Gasteiger partial charge in [0, 0.05) is 0 Å². The number of halogens is 1. The van der Waals surface area contributed by atoms with Crippen LogP contribution < -0.4 is 10.5 Å². The third-order valence-corrected chi connectivity index (χ3v) is 3.67. The summed E-state index contributed by atoms with van der Waals surface area (Å²) in [6.07, 6.45) is 0. The number of benzene rings is 1. The van der Waals surface area contributed by atoms with Gasteiger partial charge in [0.1, 0.15) is 5.82 Å². The predicted octanol–water partition coefficient (Wildman–Crippen LogP) is 1.24. The van der Waals surface area contributed by atoms with Crippen LogP contribution in [0.15, 0.2) is 29.2 Å². The molecule has 0 aliphatic carbocycles. The van der Waals surface area contributed by atoms with Gasteiger partial charge in [-0.05, 0) is 25.1 Å². The lowest BCUT2D eigenvalue weighted by Crippen LogP contribution is -2.14. The maximum absolute atomic E-state index is 13.0. The molecule has 0 fully saturated rings. The monoisotopic (exact) mass is 270 g/mol. The van der Waals surface area contributed by atoms with Gasteiger partial charge >= 0.3 is 0 Å². The molecule has 0 atom stereocenters. The lowest BCUT2D eigenvalue weighted by atomic mass is 10.4. The third kappa shape index (κ3) is 2.28. The van der Waals surface area contributed by atoms with Crippen molar-refractivity contribution in [3.63, 3.8) is 0 Å². The highest BCUT2D eigenvalue weighted by atomic mass is 32.2. The van der Waals surface area contributed by atoms with E-state index < -0.39 is 15.8 Å². The van der Waals surface area contributed by atoms with Crippen molar-refractivity contribution >= 4 is 21.5 Å². The fraction of sp³-hybridized carbons (Fsp3) is 0.100. The van der Waals surface area contributed by atoms with E-state index in [1.165, 1.54) is 12.1 Å². The molecule has 2 aromatic rings. The number of nitrogen functional groups attached to an aromatic ring is 1. The van der Waals surface area contributed by atoms with E-state index in [2.05, 4.69) is 14.9 Å². The number of anilines is 2. The number of rotatable bonds is 3. The van der Waals surface area contributed by atoms with Gasteiger partial charge in [0.2, 0.25) is 0 Å². The second-order valence-corrected chi connectivity index (χ2v) is 5.36. The number of aryl methyl sites for hydroxylation is 1. The van der Waals surface area contributed by atoms with Crippen LogP contribution in [0.2, 0.25) is 0 Å². The molecule has 8 heteroatoms. The minimum Gasteiger partial charge on any atom is -0.394 e. The predicted molar refractivity (Wildman–Crippen MR) is 64.9 cm³/mol. The quantitative estimate of drug-likeness (QED) is 0.781. The van der Waals surface area contributed by atoms with E-state index in [4.69, 9.17) is 5.73 Å². The number of hydrogen-bond acceptors (Lipinski definition) is 4. The maximum atomic E-state index is 13.0. The molecule has 0 amide bonds. The van der Waals surface area contributed by atoms with Gasteiger partial charge in [0.25, 0.3) is 10.0 Å². The fourth-order valence-electron chi connectivity index (χ4n) is 1.34. The summed E-state index contributed by atoms with van der Waals surface area (Å²) in [6.45, 7) is 1.66.